The molecule has 0 radical (unpaired) electrons. The third-order valence-corrected chi connectivity index (χ3v) is 5.40. The van der Waals surface area contributed by atoms with Crippen LogP contribution in [-0.4, -0.2) is 48.7 Å². The highest BCUT2D eigenvalue weighted by Gasteiger charge is 2.35. The van der Waals surface area contributed by atoms with Gasteiger partial charge < -0.3 is 24.3 Å². The van der Waals surface area contributed by atoms with Crippen molar-refractivity contribution in [1.82, 2.24) is 14.8 Å². The number of hydrogen-bond acceptors (Lipinski definition) is 8. The molecule has 0 saturated carbocycles. The van der Waals surface area contributed by atoms with E-state index in [1.165, 1.54) is 0 Å². The van der Waals surface area contributed by atoms with Gasteiger partial charge in [0.05, 0.1) is 33.5 Å². The van der Waals surface area contributed by atoms with E-state index in [-0.39, 0.29) is 6.61 Å². The number of hydrogen-bond donors (Lipinski definition) is 1. The molecule has 0 bridgehead atoms. The molecule has 4 rings (SSSR count). The van der Waals surface area contributed by atoms with Crippen molar-refractivity contribution in [3.05, 3.63) is 59.3 Å². The largest absolute Gasteiger partial charge is 0.497 e. The van der Waals surface area contributed by atoms with Crippen molar-refractivity contribution in [3.8, 4) is 28.6 Å². The highest BCUT2D eigenvalue weighted by Crippen LogP contribution is 2.38. The molecule has 1 aliphatic heterocycles. The van der Waals surface area contributed by atoms with Crippen molar-refractivity contribution < 1.29 is 23.7 Å². The summed E-state index contributed by atoms with van der Waals surface area (Å²) in [7, 11) is 4.76. The summed E-state index contributed by atoms with van der Waals surface area (Å²) in [6.07, 6.45) is 0. The standard InChI is InChI=1S/C24H26N4O5/c1-6-33-23(29)20-14(2)25-24-26-22(16-10-11-18(31-4)19(13-16)32-5)27-28(24)21(20)15-8-7-9-17(12-15)30-3/h7-13,21H,6H2,1-5H3,(H,25,26,27). The average Bonchev–Trinajstić information content (AvgIpc) is 3.26. The van der Waals surface area contributed by atoms with Crippen LogP contribution >= 0.6 is 0 Å². The van der Waals surface area contributed by atoms with E-state index in [4.69, 9.17) is 24.0 Å². The molecular formula is C24H26N4O5. The number of anilines is 1. The summed E-state index contributed by atoms with van der Waals surface area (Å²) in [4.78, 5) is 17.6. The summed E-state index contributed by atoms with van der Waals surface area (Å²) in [6.45, 7) is 3.87. The van der Waals surface area contributed by atoms with Gasteiger partial charge in [0.25, 0.3) is 0 Å². The van der Waals surface area contributed by atoms with E-state index in [1.807, 2.05) is 43.3 Å². The number of carbonyl (C=O) groups excluding carboxylic acids is 1. The van der Waals surface area contributed by atoms with Crippen LogP contribution < -0.4 is 19.5 Å². The van der Waals surface area contributed by atoms with Crippen molar-refractivity contribution in [1.29, 1.82) is 0 Å². The average molecular weight is 450 g/mol. The van der Waals surface area contributed by atoms with Crippen LogP contribution in [0.1, 0.15) is 25.5 Å². The molecule has 172 valence electrons. The first kappa shape index (κ1) is 22.2. The molecular weight excluding hydrogens is 424 g/mol. The molecule has 1 atom stereocenters. The van der Waals surface area contributed by atoms with Crippen LogP contribution in [0.3, 0.4) is 0 Å². The van der Waals surface area contributed by atoms with Gasteiger partial charge in [0, 0.05) is 11.3 Å². The highest BCUT2D eigenvalue weighted by molar-refractivity contribution is 5.92. The van der Waals surface area contributed by atoms with E-state index in [2.05, 4.69) is 10.3 Å². The van der Waals surface area contributed by atoms with Crippen LogP contribution in [0.4, 0.5) is 5.95 Å². The number of esters is 1. The van der Waals surface area contributed by atoms with Gasteiger partial charge in [0.15, 0.2) is 17.3 Å². The predicted molar refractivity (Wildman–Crippen MR) is 123 cm³/mol. The molecule has 2 aromatic carbocycles. The Labute approximate surface area is 191 Å². The molecule has 33 heavy (non-hydrogen) atoms. The molecule has 9 heteroatoms. The molecule has 2 heterocycles. The third-order valence-electron chi connectivity index (χ3n) is 5.40. The summed E-state index contributed by atoms with van der Waals surface area (Å²) in [5.74, 6) is 2.43. The predicted octanol–water partition coefficient (Wildman–Crippen LogP) is 3.82. The van der Waals surface area contributed by atoms with Crippen LogP contribution in [0.5, 0.6) is 17.2 Å². The van der Waals surface area contributed by atoms with Gasteiger partial charge in [-0.1, -0.05) is 12.1 Å². The Bertz CT molecular complexity index is 1220. The van der Waals surface area contributed by atoms with Crippen molar-refractivity contribution in [3.63, 3.8) is 0 Å². The lowest BCUT2D eigenvalue weighted by Gasteiger charge is -2.28. The summed E-state index contributed by atoms with van der Waals surface area (Å²) in [6, 6.07) is 12.5. The first-order valence-corrected chi connectivity index (χ1v) is 10.5. The van der Waals surface area contributed by atoms with Gasteiger partial charge in [-0.25, -0.2) is 9.48 Å². The first-order valence-electron chi connectivity index (χ1n) is 10.5. The van der Waals surface area contributed by atoms with E-state index < -0.39 is 12.0 Å². The lowest BCUT2D eigenvalue weighted by Crippen LogP contribution is -2.29. The molecule has 9 nitrogen and oxygen atoms in total. The lowest BCUT2D eigenvalue weighted by molar-refractivity contribution is -0.139. The Balaban J connectivity index is 1.85. The Kier molecular flexibility index (Phi) is 6.21. The molecule has 0 spiro atoms. The topological polar surface area (TPSA) is 96.7 Å². The number of ether oxygens (including phenoxy) is 4. The summed E-state index contributed by atoms with van der Waals surface area (Å²) in [5.41, 5.74) is 2.68. The molecule has 1 N–H and O–H groups in total. The number of nitrogens with one attached hydrogen (secondary N) is 1. The Morgan fingerprint density at radius 1 is 1.06 bits per heavy atom. The Morgan fingerprint density at radius 3 is 2.55 bits per heavy atom. The van der Waals surface area contributed by atoms with Crippen molar-refractivity contribution in [2.24, 2.45) is 0 Å². The number of nitrogens with zero attached hydrogens (tertiary/aromatic N) is 3. The maximum atomic E-state index is 12.9. The Morgan fingerprint density at radius 2 is 1.85 bits per heavy atom. The second-order valence-corrected chi connectivity index (χ2v) is 7.34. The van der Waals surface area contributed by atoms with Crippen molar-refractivity contribution >= 4 is 11.9 Å². The Hall–Kier alpha value is -4.01. The van der Waals surface area contributed by atoms with E-state index in [9.17, 15) is 4.79 Å². The maximum Gasteiger partial charge on any atom is 0.338 e. The number of allylic oxidation sites excluding steroid dienone is 1. The molecule has 1 unspecified atom stereocenters. The maximum absolute atomic E-state index is 12.9. The zero-order valence-corrected chi connectivity index (χ0v) is 19.2. The molecule has 0 fully saturated rings. The first-order chi connectivity index (χ1) is 16.0. The SMILES string of the molecule is CCOC(=O)C1=C(C)Nc2nc(-c3ccc(OC)c(OC)c3)nn2C1c1cccc(OC)c1. The minimum atomic E-state index is -0.545. The van der Waals surface area contributed by atoms with Gasteiger partial charge in [-0.2, -0.15) is 4.98 Å². The molecule has 0 saturated heterocycles. The molecule has 0 amide bonds. The van der Waals surface area contributed by atoms with Crippen molar-refractivity contribution in [2.45, 2.75) is 19.9 Å². The van der Waals surface area contributed by atoms with Gasteiger partial charge in [0.2, 0.25) is 5.95 Å². The van der Waals surface area contributed by atoms with Crippen LogP contribution in [0.15, 0.2) is 53.7 Å². The molecule has 1 aromatic heterocycles. The number of carbonyl (C=O) groups is 1. The van der Waals surface area contributed by atoms with E-state index in [1.54, 1.807) is 39.0 Å². The second-order valence-electron chi connectivity index (χ2n) is 7.34. The van der Waals surface area contributed by atoms with Gasteiger partial charge >= 0.3 is 5.97 Å². The fourth-order valence-corrected chi connectivity index (χ4v) is 3.84. The molecule has 3 aromatic rings. The van der Waals surface area contributed by atoms with Crippen LogP contribution in [-0.2, 0) is 9.53 Å². The third kappa shape index (κ3) is 4.09. The number of benzene rings is 2. The number of methoxy groups -OCH3 is 3. The zero-order valence-electron chi connectivity index (χ0n) is 19.2. The quantitative estimate of drug-likeness (QED) is 0.543. The fourth-order valence-electron chi connectivity index (χ4n) is 3.84. The zero-order chi connectivity index (χ0) is 23.5. The minimum Gasteiger partial charge on any atom is -0.497 e. The number of aromatic nitrogens is 3. The smallest absolute Gasteiger partial charge is 0.338 e. The van der Waals surface area contributed by atoms with Gasteiger partial charge in [-0.05, 0) is 49.7 Å². The lowest BCUT2D eigenvalue weighted by atomic mass is 9.95. The highest BCUT2D eigenvalue weighted by atomic mass is 16.5. The monoisotopic (exact) mass is 450 g/mol. The summed E-state index contributed by atoms with van der Waals surface area (Å²) >= 11 is 0. The fraction of sp³-hybridized carbons (Fsp3) is 0.292. The van der Waals surface area contributed by atoms with Gasteiger partial charge in [0.1, 0.15) is 11.8 Å². The molecule has 1 aliphatic rings. The van der Waals surface area contributed by atoms with Gasteiger partial charge in [-0.15, -0.1) is 5.10 Å². The van der Waals surface area contributed by atoms with E-state index in [0.29, 0.717) is 40.3 Å². The van der Waals surface area contributed by atoms with Gasteiger partial charge in [-0.3, -0.25) is 0 Å². The van der Waals surface area contributed by atoms with Crippen LogP contribution in [0.2, 0.25) is 0 Å². The summed E-state index contributed by atoms with van der Waals surface area (Å²) < 4.78 is 23.2. The molecule has 0 aliphatic carbocycles. The second kappa shape index (κ2) is 9.23. The van der Waals surface area contributed by atoms with E-state index in [0.717, 1.165) is 11.1 Å². The van der Waals surface area contributed by atoms with Crippen molar-refractivity contribution in [2.75, 3.05) is 33.3 Å². The normalized spacial score (nSPS) is 14.9. The van der Waals surface area contributed by atoms with Crippen LogP contribution in [0.25, 0.3) is 11.4 Å². The summed E-state index contributed by atoms with van der Waals surface area (Å²) in [5, 5.41) is 7.96. The van der Waals surface area contributed by atoms with Crippen LogP contribution in [0, 0.1) is 0 Å². The number of fused-ring (bicyclic) bond motifs is 1. The van der Waals surface area contributed by atoms with E-state index >= 15 is 0 Å². The number of rotatable bonds is 7. The minimum absolute atomic E-state index is 0.265.